The number of para-hydroxylation sites is 8. The van der Waals surface area contributed by atoms with Gasteiger partial charge in [0.05, 0.1) is 53.8 Å². The monoisotopic (exact) mass is 826 g/mol. The molecule has 0 aliphatic heterocycles. The molecule has 0 saturated carbocycles. The van der Waals surface area contributed by atoms with E-state index in [1.165, 1.54) is 42.7 Å². The Bertz CT molecular complexity index is 2050. The summed E-state index contributed by atoms with van der Waals surface area (Å²) in [7, 11) is 4.42. The molecule has 0 aliphatic carbocycles. The molecule has 0 saturated heterocycles. The number of carbonyl (C=O) groups excluding carboxylic acids is 1. The lowest BCUT2D eigenvalue weighted by molar-refractivity contribution is 0.103. The maximum absolute atomic E-state index is 14.8. The van der Waals surface area contributed by atoms with E-state index >= 15 is 0 Å². The summed E-state index contributed by atoms with van der Waals surface area (Å²) in [6.45, 7) is 0. The number of ketones is 1. The number of rotatable bonds is 20. The number of methoxy groups -OCH3 is 6. The van der Waals surface area contributed by atoms with Crippen molar-refractivity contribution in [1.82, 2.24) is 0 Å². The van der Waals surface area contributed by atoms with Crippen LogP contribution in [0.3, 0.4) is 0 Å². The Labute approximate surface area is 338 Å². The van der Waals surface area contributed by atoms with Crippen LogP contribution in [0, 0.1) is 0 Å². The van der Waals surface area contributed by atoms with Gasteiger partial charge in [0.1, 0.15) is 23.0 Å². The fraction of sp³-hybridized carbons (Fsp3) is 0.140. The molecular weight excluding hydrogens is 786 g/mol. The zero-order valence-electron chi connectivity index (χ0n) is 32.4. The van der Waals surface area contributed by atoms with Gasteiger partial charge in [-0.05, 0) is 72.8 Å². The van der Waals surface area contributed by atoms with Crippen molar-refractivity contribution in [1.29, 1.82) is 0 Å². The molecule has 0 radical (unpaired) electrons. The Morgan fingerprint density at radius 3 is 0.845 bits per heavy atom. The van der Waals surface area contributed by atoms with Crippen molar-refractivity contribution in [2.45, 2.75) is 0 Å². The van der Waals surface area contributed by atoms with Gasteiger partial charge in [0.25, 0.3) is 0 Å². The molecule has 0 spiro atoms. The first kappa shape index (κ1) is 41.1. The fourth-order valence-electron chi connectivity index (χ4n) is 5.30. The summed E-state index contributed by atoms with van der Waals surface area (Å²) in [6, 6.07) is 37.7. The van der Waals surface area contributed by atoms with E-state index in [4.69, 9.17) is 55.6 Å². The Kier molecular flexibility index (Phi) is 14.2. The maximum atomic E-state index is 14.8. The zero-order valence-corrected chi connectivity index (χ0v) is 34.2. The Morgan fingerprint density at radius 2 is 0.586 bits per heavy atom. The summed E-state index contributed by atoms with van der Waals surface area (Å²) >= 11 is 0. The molecule has 300 valence electrons. The van der Waals surface area contributed by atoms with Crippen molar-refractivity contribution in [3.8, 4) is 69.0 Å². The van der Waals surface area contributed by atoms with Crippen molar-refractivity contribution in [3.05, 3.63) is 145 Å². The summed E-state index contributed by atoms with van der Waals surface area (Å²) in [6.07, 6.45) is 0. The molecule has 0 heterocycles. The highest BCUT2D eigenvalue weighted by atomic mass is 31.2. The second-order valence-corrected chi connectivity index (χ2v) is 13.6. The highest BCUT2D eigenvalue weighted by Crippen LogP contribution is 2.50. The van der Waals surface area contributed by atoms with E-state index in [2.05, 4.69) is 0 Å². The minimum atomic E-state index is -2.34. The summed E-state index contributed by atoms with van der Waals surface area (Å²) in [5.41, 5.74) is 0.243. The number of carbonyl (C=O) groups is 1. The molecule has 0 aromatic heterocycles. The zero-order chi connectivity index (χ0) is 40.9. The minimum Gasteiger partial charge on any atom is -0.497 e. The molecule has 13 nitrogen and oxygen atoms in total. The lowest BCUT2D eigenvalue weighted by atomic mass is 10.0. The van der Waals surface area contributed by atoms with Gasteiger partial charge in [-0.15, -0.1) is 0 Å². The Balaban J connectivity index is 1.40. The van der Waals surface area contributed by atoms with Crippen LogP contribution in [0.25, 0.3) is 0 Å². The van der Waals surface area contributed by atoms with E-state index < -0.39 is 23.0 Å². The lowest BCUT2D eigenvalue weighted by Gasteiger charge is -2.22. The number of benzene rings is 6. The normalized spacial score (nSPS) is 10.6. The van der Waals surface area contributed by atoms with Gasteiger partial charge in [0.2, 0.25) is 5.78 Å². The highest BCUT2D eigenvalue weighted by molar-refractivity contribution is 7.43. The van der Waals surface area contributed by atoms with Gasteiger partial charge >= 0.3 is 17.2 Å². The molecule has 0 fully saturated rings. The maximum Gasteiger partial charge on any atom is 0.530 e. The lowest BCUT2D eigenvalue weighted by Crippen LogP contribution is -2.10. The highest BCUT2D eigenvalue weighted by Gasteiger charge is 2.30. The van der Waals surface area contributed by atoms with E-state index in [1.807, 2.05) is 0 Å². The van der Waals surface area contributed by atoms with Gasteiger partial charge in [-0.1, -0.05) is 48.5 Å². The number of hydrogen-bond donors (Lipinski definition) is 0. The van der Waals surface area contributed by atoms with Gasteiger partial charge in [-0.3, -0.25) is 4.79 Å². The SMILES string of the molecule is COc1ccc(C(=O)c2ccc(OC)cc2OP(Oc2ccccc2OC)Oc2ccccc2OC)c(OP(Oc2ccccc2OC)Oc2ccccc2OC)c1. The average Bonchev–Trinajstić information content (AvgIpc) is 3.26. The molecule has 0 bridgehead atoms. The Hall–Kier alpha value is -6.55. The van der Waals surface area contributed by atoms with Crippen LogP contribution in [0.5, 0.6) is 69.0 Å². The van der Waals surface area contributed by atoms with Gasteiger partial charge < -0.3 is 55.6 Å². The van der Waals surface area contributed by atoms with Crippen LogP contribution in [-0.4, -0.2) is 48.4 Å². The first-order valence-corrected chi connectivity index (χ1v) is 19.7. The van der Waals surface area contributed by atoms with E-state index in [0.29, 0.717) is 57.5 Å². The van der Waals surface area contributed by atoms with Gasteiger partial charge in [-0.25, -0.2) is 0 Å². The molecule has 0 atom stereocenters. The van der Waals surface area contributed by atoms with Crippen LogP contribution in [0.4, 0.5) is 0 Å². The quantitative estimate of drug-likeness (QED) is 0.0535. The van der Waals surface area contributed by atoms with Crippen molar-refractivity contribution >= 4 is 23.0 Å². The standard InChI is InChI=1S/C43H40O13P2/c1-45-29-23-25-31(41(27-29)55-57(51-37-19-11-7-15-33(37)47-3)52-38-20-12-8-16-34(38)48-4)43(44)32-26-24-30(46-2)28-42(32)56-58(53-39-21-13-9-17-35(39)49-5)54-40-22-14-10-18-36(40)50-6/h7-28H,1-6H3. The number of ether oxygens (including phenoxy) is 6. The van der Waals surface area contributed by atoms with Crippen molar-refractivity contribution < 1.29 is 60.4 Å². The molecule has 0 aliphatic rings. The second-order valence-electron chi connectivity index (χ2n) is 11.7. The average molecular weight is 827 g/mol. The third kappa shape index (κ3) is 10.1. The van der Waals surface area contributed by atoms with Crippen molar-refractivity contribution in [2.75, 3.05) is 42.7 Å². The molecular formula is C43H40O13P2. The smallest absolute Gasteiger partial charge is 0.497 e. The largest absolute Gasteiger partial charge is 0.530 e. The molecule has 6 aromatic carbocycles. The molecule has 15 heteroatoms. The van der Waals surface area contributed by atoms with Crippen LogP contribution < -0.4 is 55.6 Å². The molecule has 6 aromatic rings. The van der Waals surface area contributed by atoms with Gasteiger partial charge in [0.15, 0.2) is 46.0 Å². The minimum absolute atomic E-state index is 0.0832. The second kappa shape index (κ2) is 20.0. The van der Waals surface area contributed by atoms with Crippen LogP contribution in [0.2, 0.25) is 0 Å². The third-order valence-corrected chi connectivity index (χ3v) is 10.3. The van der Waals surface area contributed by atoms with E-state index in [1.54, 1.807) is 133 Å². The first-order chi connectivity index (χ1) is 28.4. The molecule has 6 rings (SSSR count). The van der Waals surface area contributed by atoms with Gasteiger partial charge in [-0.2, -0.15) is 0 Å². The van der Waals surface area contributed by atoms with Crippen molar-refractivity contribution in [2.24, 2.45) is 0 Å². The van der Waals surface area contributed by atoms with Crippen LogP contribution >= 0.6 is 17.2 Å². The summed E-state index contributed by atoms with van der Waals surface area (Å²) < 4.78 is 71.4. The van der Waals surface area contributed by atoms with Crippen molar-refractivity contribution in [3.63, 3.8) is 0 Å². The molecule has 0 N–H and O–H groups in total. The van der Waals surface area contributed by atoms with E-state index in [-0.39, 0.29) is 22.6 Å². The van der Waals surface area contributed by atoms with E-state index in [0.717, 1.165) is 0 Å². The van der Waals surface area contributed by atoms with E-state index in [9.17, 15) is 4.79 Å². The summed E-state index contributed by atoms with van der Waals surface area (Å²) in [5.74, 6) is 3.58. The third-order valence-electron chi connectivity index (χ3n) is 8.18. The first-order valence-electron chi connectivity index (χ1n) is 17.5. The molecule has 0 unspecified atom stereocenters. The topological polar surface area (TPSA) is 128 Å². The van der Waals surface area contributed by atoms with Crippen LogP contribution in [0.15, 0.2) is 133 Å². The molecule has 0 amide bonds. The molecule has 58 heavy (non-hydrogen) atoms. The van der Waals surface area contributed by atoms with Gasteiger partial charge in [0, 0.05) is 12.1 Å². The fourth-order valence-corrected chi connectivity index (χ4v) is 7.39. The summed E-state index contributed by atoms with van der Waals surface area (Å²) in [4.78, 5) is 14.8. The predicted molar refractivity (Wildman–Crippen MR) is 219 cm³/mol. The Morgan fingerprint density at radius 1 is 0.328 bits per heavy atom. The number of hydrogen-bond acceptors (Lipinski definition) is 13. The predicted octanol–water partition coefficient (Wildman–Crippen LogP) is 10.5. The summed E-state index contributed by atoms with van der Waals surface area (Å²) in [5, 5.41) is 0. The van der Waals surface area contributed by atoms with Crippen LogP contribution in [0.1, 0.15) is 15.9 Å². The van der Waals surface area contributed by atoms with Crippen LogP contribution in [-0.2, 0) is 0 Å².